The minimum Gasteiger partial charge on any atom is -0.338 e. The molecule has 1 saturated carbocycles. The third kappa shape index (κ3) is 3.06. The lowest BCUT2D eigenvalue weighted by Gasteiger charge is -2.32. The molecule has 2 aromatic heterocycles. The van der Waals surface area contributed by atoms with Gasteiger partial charge in [-0.2, -0.15) is 0 Å². The zero-order valence-electron chi connectivity index (χ0n) is 14.8. The number of hydrogen-bond donors (Lipinski definition) is 0. The van der Waals surface area contributed by atoms with E-state index in [0.29, 0.717) is 17.8 Å². The van der Waals surface area contributed by atoms with Gasteiger partial charge in [-0.3, -0.25) is 4.98 Å². The number of aromatic nitrogens is 3. The van der Waals surface area contributed by atoms with Crippen LogP contribution in [-0.4, -0.2) is 14.5 Å². The summed E-state index contributed by atoms with van der Waals surface area (Å²) in [7, 11) is 2.07. The summed E-state index contributed by atoms with van der Waals surface area (Å²) in [6, 6.07) is 6.99. The molecule has 1 fully saturated rings. The van der Waals surface area contributed by atoms with Crippen LogP contribution in [0.1, 0.15) is 55.8 Å². The fourth-order valence-corrected chi connectivity index (χ4v) is 4.45. The molecular weight excluding hydrogens is 313 g/mol. The largest absolute Gasteiger partial charge is 0.338 e. The highest BCUT2D eigenvalue weighted by molar-refractivity contribution is 5.82. The van der Waals surface area contributed by atoms with E-state index in [0.717, 1.165) is 23.7 Å². The Hall–Kier alpha value is -2.23. The lowest BCUT2D eigenvalue weighted by atomic mass is 9.73. The number of hydrogen-bond acceptors (Lipinski definition) is 2. The quantitative estimate of drug-likeness (QED) is 0.659. The van der Waals surface area contributed by atoms with Gasteiger partial charge in [0.2, 0.25) is 0 Å². The molecule has 4 rings (SSSR count). The number of halogens is 1. The molecule has 1 aliphatic carbocycles. The van der Waals surface area contributed by atoms with Crippen molar-refractivity contribution in [1.29, 1.82) is 0 Å². The summed E-state index contributed by atoms with van der Waals surface area (Å²) in [4.78, 5) is 8.92. The summed E-state index contributed by atoms with van der Waals surface area (Å²) in [6.07, 6.45) is 10.4. The van der Waals surface area contributed by atoms with Gasteiger partial charge in [0.05, 0.1) is 5.52 Å². The fourth-order valence-electron chi connectivity index (χ4n) is 4.45. The van der Waals surface area contributed by atoms with Crippen LogP contribution in [0.5, 0.6) is 0 Å². The van der Waals surface area contributed by atoms with E-state index in [2.05, 4.69) is 34.6 Å². The van der Waals surface area contributed by atoms with Crippen molar-refractivity contribution in [3.8, 4) is 0 Å². The fraction of sp³-hybridized carbons (Fsp3) is 0.429. The average molecular weight is 337 g/mol. The van der Waals surface area contributed by atoms with Gasteiger partial charge in [0, 0.05) is 36.9 Å². The molecule has 1 atom stereocenters. The van der Waals surface area contributed by atoms with Crippen LogP contribution in [-0.2, 0) is 7.05 Å². The van der Waals surface area contributed by atoms with Crippen LogP contribution in [0.2, 0.25) is 0 Å². The Morgan fingerprint density at radius 1 is 1.08 bits per heavy atom. The van der Waals surface area contributed by atoms with Gasteiger partial charge >= 0.3 is 0 Å². The molecule has 0 saturated heterocycles. The summed E-state index contributed by atoms with van der Waals surface area (Å²) in [5, 5.41) is 0.975. The minimum absolute atomic E-state index is 0.182. The first kappa shape index (κ1) is 16.2. The van der Waals surface area contributed by atoms with Crippen LogP contribution in [0.15, 0.2) is 42.9 Å². The standard InChI is InChI=1S/C21H24FN3/c1-14(21-24-11-12-25(21)2)15-3-5-16(6-4-15)18-9-10-23-20-8-7-17(22)13-19(18)20/h7-16H,3-6H2,1-2H3. The van der Waals surface area contributed by atoms with Crippen LogP contribution < -0.4 is 0 Å². The number of aryl methyl sites for hydroxylation is 1. The van der Waals surface area contributed by atoms with Crippen LogP contribution >= 0.6 is 0 Å². The zero-order valence-corrected chi connectivity index (χ0v) is 14.8. The molecule has 1 aliphatic rings. The van der Waals surface area contributed by atoms with Gasteiger partial charge in [0.1, 0.15) is 11.6 Å². The molecule has 0 spiro atoms. The van der Waals surface area contributed by atoms with Crippen molar-refractivity contribution in [2.75, 3.05) is 0 Å². The summed E-state index contributed by atoms with van der Waals surface area (Å²) in [5.74, 6) is 2.64. The second kappa shape index (κ2) is 6.58. The Morgan fingerprint density at radius 3 is 2.60 bits per heavy atom. The first-order valence-corrected chi connectivity index (χ1v) is 9.15. The van der Waals surface area contributed by atoms with Crippen LogP contribution in [0.4, 0.5) is 4.39 Å². The maximum Gasteiger partial charge on any atom is 0.123 e. The number of fused-ring (bicyclic) bond motifs is 1. The number of pyridine rings is 1. The third-order valence-electron chi connectivity index (χ3n) is 5.92. The summed E-state index contributed by atoms with van der Waals surface area (Å²) in [6.45, 7) is 2.30. The normalized spacial score (nSPS) is 22.2. The lowest BCUT2D eigenvalue weighted by molar-refractivity contribution is 0.283. The van der Waals surface area contributed by atoms with E-state index in [-0.39, 0.29) is 5.82 Å². The Kier molecular flexibility index (Phi) is 4.28. The zero-order chi connectivity index (χ0) is 17.4. The van der Waals surface area contributed by atoms with Crippen LogP contribution in [0.3, 0.4) is 0 Å². The Bertz CT molecular complexity index is 878. The Balaban J connectivity index is 1.53. The van der Waals surface area contributed by atoms with E-state index in [4.69, 9.17) is 0 Å². The van der Waals surface area contributed by atoms with Crippen LogP contribution in [0, 0.1) is 11.7 Å². The van der Waals surface area contributed by atoms with Crippen molar-refractivity contribution in [3.63, 3.8) is 0 Å². The number of benzene rings is 1. The van der Waals surface area contributed by atoms with E-state index in [9.17, 15) is 4.39 Å². The molecule has 0 amide bonds. The topological polar surface area (TPSA) is 30.7 Å². The SMILES string of the molecule is CC(c1nccn1C)C1CCC(c2ccnc3ccc(F)cc23)CC1. The number of nitrogens with zero attached hydrogens (tertiary/aromatic N) is 3. The second-order valence-corrected chi connectivity index (χ2v) is 7.36. The van der Waals surface area contributed by atoms with Crippen molar-refractivity contribution in [2.45, 2.75) is 44.4 Å². The summed E-state index contributed by atoms with van der Waals surface area (Å²) in [5.41, 5.74) is 2.15. The molecule has 130 valence electrons. The molecule has 1 aromatic carbocycles. The predicted octanol–water partition coefficient (Wildman–Crippen LogP) is 5.18. The van der Waals surface area contributed by atoms with Gasteiger partial charge in [-0.05, 0) is 67.3 Å². The Labute approximate surface area is 147 Å². The van der Waals surface area contributed by atoms with Crippen molar-refractivity contribution in [2.24, 2.45) is 13.0 Å². The molecule has 3 nitrogen and oxygen atoms in total. The van der Waals surface area contributed by atoms with Gasteiger partial charge in [0.25, 0.3) is 0 Å². The van der Waals surface area contributed by atoms with E-state index in [1.807, 2.05) is 18.6 Å². The Morgan fingerprint density at radius 2 is 1.88 bits per heavy atom. The molecule has 3 aromatic rings. The highest BCUT2D eigenvalue weighted by Gasteiger charge is 2.29. The molecule has 2 heterocycles. The first-order chi connectivity index (χ1) is 12.1. The molecule has 4 heteroatoms. The van der Waals surface area contributed by atoms with Gasteiger partial charge in [0.15, 0.2) is 0 Å². The molecule has 0 bridgehead atoms. The van der Waals surface area contributed by atoms with Crippen molar-refractivity contribution in [3.05, 3.63) is 60.1 Å². The average Bonchev–Trinajstić information content (AvgIpc) is 3.06. The molecule has 1 unspecified atom stereocenters. The highest BCUT2D eigenvalue weighted by Crippen LogP contribution is 2.42. The second-order valence-electron chi connectivity index (χ2n) is 7.36. The predicted molar refractivity (Wildman–Crippen MR) is 98.0 cm³/mol. The molecule has 0 aliphatic heterocycles. The van der Waals surface area contributed by atoms with Gasteiger partial charge in [-0.25, -0.2) is 9.37 Å². The van der Waals surface area contributed by atoms with E-state index < -0.39 is 0 Å². The van der Waals surface area contributed by atoms with Crippen molar-refractivity contribution < 1.29 is 4.39 Å². The maximum absolute atomic E-state index is 13.7. The lowest BCUT2D eigenvalue weighted by Crippen LogP contribution is -2.20. The number of imidazole rings is 1. The summed E-state index contributed by atoms with van der Waals surface area (Å²) < 4.78 is 15.8. The first-order valence-electron chi connectivity index (χ1n) is 9.15. The minimum atomic E-state index is -0.182. The molecule has 25 heavy (non-hydrogen) atoms. The smallest absolute Gasteiger partial charge is 0.123 e. The highest BCUT2D eigenvalue weighted by atomic mass is 19.1. The van der Waals surface area contributed by atoms with Gasteiger partial charge in [-0.1, -0.05) is 6.92 Å². The molecule has 0 radical (unpaired) electrons. The van der Waals surface area contributed by atoms with Crippen molar-refractivity contribution >= 4 is 10.9 Å². The van der Waals surface area contributed by atoms with Crippen LogP contribution in [0.25, 0.3) is 10.9 Å². The van der Waals surface area contributed by atoms with Crippen molar-refractivity contribution in [1.82, 2.24) is 14.5 Å². The summed E-state index contributed by atoms with van der Waals surface area (Å²) >= 11 is 0. The van der Waals surface area contributed by atoms with E-state index in [1.54, 1.807) is 12.1 Å². The van der Waals surface area contributed by atoms with Gasteiger partial charge in [-0.15, -0.1) is 0 Å². The monoisotopic (exact) mass is 337 g/mol. The van der Waals surface area contributed by atoms with Gasteiger partial charge < -0.3 is 4.57 Å². The third-order valence-corrected chi connectivity index (χ3v) is 5.92. The number of rotatable bonds is 3. The maximum atomic E-state index is 13.7. The van der Waals surface area contributed by atoms with E-state index in [1.165, 1.54) is 30.3 Å². The molecule has 0 N–H and O–H groups in total. The van der Waals surface area contributed by atoms with E-state index >= 15 is 0 Å². The molecular formula is C21H24FN3.